The van der Waals surface area contributed by atoms with E-state index in [0.29, 0.717) is 24.4 Å². The number of piperidine rings is 1. The van der Waals surface area contributed by atoms with Gasteiger partial charge in [-0.1, -0.05) is 33.6 Å². The molecule has 1 fully saturated rings. The van der Waals surface area contributed by atoms with E-state index in [1.54, 1.807) is 0 Å². The van der Waals surface area contributed by atoms with Gasteiger partial charge in [0.05, 0.1) is 10.8 Å². The molecule has 2 aromatic carbocycles. The first-order valence-corrected chi connectivity index (χ1v) is 12.6. The second kappa shape index (κ2) is 8.09. The van der Waals surface area contributed by atoms with Crippen LogP contribution in [0.15, 0.2) is 39.7 Å². The number of hydrogen-bond acceptors (Lipinski definition) is 3. The Morgan fingerprint density at radius 2 is 1.77 bits per heavy atom. The molecule has 1 saturated heterocycles. The van der Waals surface area contributed by atoms with E-state index in [0.717, 1.165) is 45.3 Å². The lowest BCUT2D eigenvalue weighted by Gasteiger charge is -2.34. The number of amides is 1. The zero-order chi connectivity index (χ0) is 21.6. The van der Waals surface area contributed by atoms with E-state index < -0.39 is 10.0 Å². The summed E-state index contributed by atoms with van der Waals surface area (Å²) < 4.78 is 29.4. The van der Waals surface area contributed by atoms with Gasteiger partial charge in [-0.2, -0.15) is 4.31 Å². The summed E-state index contributed by atoms with van der Waals surface area (Å²) in [6, 6.07) is 9.80. The summed E-state index contributed by atoms with van der Waals surface area (Å²) in [5, 5.41) is 0. The number of carbonyl (C=O) groups is 1. The van der Waals surface area contributed by atoms with E-state index in [-0.39, 0.29) is 18.4 Å². The number of hydrogen-bond donors (Lipinski definition) is 0. The minimum absolute atomic E-state index is 0.0355. The van der Waals surface area contributed by atoms with Gasteiger partial charge in [-0.3, -0.25) is 4.79 Å². The van der Waals surface area contributed by atoms with Crippen LogP contribution in [0.5, 0.6) is 0 Å². The molecule has 2 aliphatic heterocycles. The molecule has 160 valence electrons. The van der Waals surface area contributed by atoms with Gasteiger partial charge in [-0.05, 0) is 74.9 Å². The van der Waals surface area contributed by atoms with Gasteiger partial charge in [0, 0.05) is 29.8 Å². The Balaban J connectivity index is 1.58. The number of aryl methyl sites for hydroxylation is 3. The summed E-state index contributed by atoms with van der Waals surface area (Å²) in [7, 11) is -3.64. The van der Waals surface area contributed by atoms with Gasteiger partial charge < -0.3 is 4.90 Å². The van der Waals surface area contributed by atoms with Crippen molar-refractivity contribution in [3.05, 3.63) is 57.1 Å². The number of carbonyl (C=O) groups excluding carboxylic acids is 1. The van der Waals surface area contributed by atoms with Crippen LogP contribution in [0.4, 0.5) is 5.69 Å². The Bertz CT molecular complexity index is 1090. The molecule has 7 heteroatoms. The quantitative estimate of drug-likeness (QED) is 0.641. The monoisotopic (exact) mass is 490 g/mol. The molecule has 0 bridgehead atoms. The average Bonchev–Trinajstić information content (AvgIpc) is 3.09. The van der Waals surface area contributed by atoms with E-state index in [1.165, 1.54) is 4.31 Å². The van der Waals surface area contributed by atoms with Crippen molar-refractivity contribution < 1.29 is 13.2 Å². The second-order valence-corrected chi connectivity index (χ2v) is 11.2. The van der Waals surface area contributed by atoms with Gasteiger partial charge in [0.25, 0.3) is 0 Å². The van der Waals surface area contributed by atoms with E-state index in [2.05, 4.69) is 22.0 Å². The molecule has 0 N–H and O–H groups in total. The van der Waals surface area contributed by atoms with Crippen LogP contribution < -0.4 is 4.90 Å². The zero-order valence-electron chi connectivity index (χ0n) is 17.6. The minimum Gasteiger partial charge on any atom is -0.312 e. The molecule has 2 aliphatic rings. The van der Waals surface area contributed by atoms with Crippen LogP contribution in [0.25, 0.3) is 0 Å². The van der Waals surface area contributed by atoms with Gasteiger partial charge in [0.2, 0.25) is 15.9 Å². The fourth-order valence-corrected chi connectivity index (χ4v) is 7.23. The highest BCUT2D eigenvalue weighted by Crippen LogP contribution is 2.34. The number of sulfonamides is 1. The van der Waals surface area contributed by atoms with E-state index >= 15 is 0 Å². The SMILES string of the molecule is Cc1cc(C)c(S(=O)(=O)N2CCC[C@@H](C(=O)N3CCc4cc(Br)ccc43)C2)c(C)c1. The van der Waals surface area contributed by atoms with Crippen LogP contribution in [0.1, 0.15) is 35.1 Å². The molecule has 30 heavy (non-hydrogen) atoms. The van der Waals surface area contributed by atoms with Crippen LogP contribution in [0, 0.1) is 26.7 Å². The van der Waals surface area contributed by atoms with Crippen LogP contribution in [0.3, 0.4) is 0 Å². The number of anilines is 1. The first-order chi connectivity index (χ1) is 14.2. The summed E-state index contributed by atoms with van der Waals surface area (Å²) in [6.07, 6.45) is 2.25. The highest BCUT2D eigenvalue weighted by molar-refractivity contribution is 9.10. The van der Waals surface area contributed by atoms with Gasteiger partial charge >= 0.3 is 0 Å². The lowest BCUT2D eigenvalue weighted by Crippen LogP contribution is -2.46. The molecular formula is C23H27BrN2O3S. The molecule has 5 nitrogen and oxygen atoms in total. The zero-order valence-corrected chi connectivity index (χ0v) is 20.0. The maximum atomic E-state index is 13.5. The van der Waals surface area contributed by atoms with Gasteiger partial charge in [0.15, 0.2) is 0 Å². The maximum absolute atomic E-state index is 13.5. The molecule has 0 aromatic heterocycles. The van der Waals surface area contributed by atoms with Crippen molar-refractivity contribution in [2.24, 2.45) is 5.92 Å². The number of rotatable bonds is 3. The van der Waals surface area contributed by atoms with Crippen LogP contribution in [-0.2, 0) is 21.2 Å². The molecule has 0 radical (unpaired) electrons. The number of fused-ring (bicyclic) bond motifs is 1. The van der Waals surface area contributed by atoms with Gasteiger partial charge in [-0.25, -0.2) is 8.42 Å². The minimum atomic E-state index is -3.64. The molecule has 1 atom stereocenters. The summed E-state index contributed by atoms with van der Waals surface area (Å²) >= 11 is 3.49. The molecule has 0 aliphatic carbocycles. The molecular weight excluding hydrogens is 464 g/mol. The summed E-state index contributed by atoms with van der Waals surface area (Å²) in [5.74, 6) is -0.275. The largest absolute Gasteiger partial charge is 0.312 e. The van der Waals surface area contributed by atoms with Gasteiger partial charge in [0.1, 0.15) is 0 Å². The highest BCUT2D eigenvalue weighted by Gasteiger charge is 2.37. The first kappa shape index (κ1) is 21.5. The van der Waals surface area contributed by atoms with Crippen molar-refractivity contribution in [1.82, 2.24) is 4.31 Å². The van der Waals surface area contributed by atoms with Crippen LogP contribution >= 0.6 is 15.9 Å². The van der Waals surface area contributed by atoms with Crippen molar-refractivity contribution in [1.29, 1.82) is 0 Å². The lowest BCUT2D eigenvalue weighted by molar-refractivity contribution is -0.123. The van der Waals surface area contributed by atoms with E-state index in [9.17, 15) is 13.2 Å². The van der Waals surface area contributed by atoms with Crippen molar-refractivity contribution in [3.8, 4) is 0 Å². The average molecular weight is 491 g/mol. The lowest BCUT2D eigenvalue weighted by atomic mass is 9.98. The summed E-state index contributed by atoms with van der Waals surface area (Å²) in [5.41, 5.74) is 4.69. The predicted molar refractivity (Wildman–Crippen MR) is 122 cm³/mol. The molecule has 1 amide bonds. The maximum Gasteiger partial charge on any atom is 0.243 e. The third-order valence-corrected chi connectivity index (χ3v) is 8.80. The Morgan fingerprint density at radius 1 is 1.07 bits per heavy atom. The van der Waals surface area contributed by atoms with Crippen molar-refractivity contribution >= 4 is 37.5 Å². The third-order valence-electron chi connectivity index (χ3n) is 6.14. The van der Waals surface area contributed by atoms with E-state index in [1.807, 2.05) is 49.9 Å². The second-order valence-electron chi connectivity index (χ2n) is 8.44. The van der Waals surface area contributed by atoms with Crippen molar-refractivity contribution in [2.45, 2.75) is 44.9 Å². The Morgan fingerprint density at radius 3 is 2.47 bits per heavy atom. The molecule has 4 rings (SSSR count). The topological polar surface area (TPSA) is 57.7 Å². The van der Waals surface area contributed by atoms with Crippen LogP contribution in [0.2, 0.25) is 0 Å². The molecule has 0 spiro atoms. The van der Waals surface area contributed by atoms with E-state index in [4.69, 9.17) is 0 Å². The standard InChI is InChI=1S/C23H27BrN2O3S/c1-15-11-16(2)22(17(3)12-15)30(28,29)25-9-4-5-19(14-25)23(27)26-10-8-18-13-20(24)6-7-21(18)26/h6-7,11-13,19H,4-5,8-10,14H2,1-3H3/t19-/m1/s1. The fraction of sp³-hybridized carbons (Fsp3) is 0.435. The normalized spacial score (nSPS) is 19.7. The number of benzene rings is 2. The number of nitrogens with zero attached hydrogens (tertiary/aromatic N) is 2. The van der Waals surface area contributed by atoms with Gasteiger partial charge in [-0.15, -0.1) is 0 Å². The first-order valence-electron chi connectivity index (χ1n) is 10.4. The highest BCUT2D eigenvalue weighted by atomic mass is 79.9. The summed E-state index contributed by atoms with van der Waals surface area (Å²) in [6.45, 7) is 7.03. The Kier molecular flexibility index (Phi) is 5.81. The smallest absolute Gasteiger partial charge is 0.243 e. The molecule has 0 saturated carbocycles. The molecule has 0 unspecified atom stereocenters. The van der Waals surface area contributed by atoms with Crippen molar-refractivity contribution in [2.75, 3.05) is 24.5 Å². The number of halogens is 1. The molecule has 2 heterocycles. The predicted octanol–water partition coefficient (Wildman–Crippen LogP) is 4.36. The Labute approximate surface area is 187 Å². The van der Waals surface area contributed by atoms with Crippen molar-refractivity contribution in [3.63, 3.8) is 0 Å². The fourth-order valence-electron chi connectivity index (χ4n) is 4.88. The summed E-state index contributed by atoms with van der Waals surface area (Å²) in [4.78, 5) is 15.6. The third kappa shape index (κ3) is 3.83. The molecule has 2 aromatic rings. The Hall–Kier alpha value is -1.70. The van der Waals surface area contributed by atoms with Crippen LogP contribution in [-0.4, -0.2) is 38.3 Å².